The molecule has 0 saturated carbocycles. The van der Waals surface area contributed by atoms with E-state index in [0.29, 0.717) is 12.8 Å². The molecule has 0 aliphatic carbocycles. The lowest BCUT2D eigenvalue weighted by molar-refractivity contribution is -0.139. The molecule has 0 aliphatic rings. The summed E-state index contributed by atoms with van der Waals surface area (Å²) in [5.74, 6) is -1.21. The second-order valence-electron chi connectivity index (χ2n) is 4.62. The molecule has 0 aromatic carbocycles. The maximum atomic E-state index is 10.6. The average molecular weight is 352 g/mol. The molecule has 140 valence electrons. The van der Waals surface area contributed by atoms with Gasteiger partial charge in [-0.1, -0.05) is 6.58 Å². The molecule has 6 N–H and O–H groups in total. The number of esters is 1. The fourth-order valence-electron chi connectivity index (χ4n) is 1.32. The molecule has 0 heterocycles. The molecule has 0 fully saturated rings. The quantitative estimate of drug-likeness (QED) is 0.105. The van der Waals surface area contributed by atoms with E-state index in [1.54, 1.807) is 0 Å². The molecule has 0 bridgehead atoms. The number of carbonyl (C=O) groups excluding carboxylic acids is 2. The summed E-state index contributed by atoms with van der Waals surface area (Å²) in [6.45, 7) is 2.46. The van der Waals surface area contributed by atoms with E-state index in [2.05, 4.69) is 11.3 Å². The highest BCUT2D eigenvalue weighted by atomic mass is 16.5. The van der Waals surface area contributed by atoms with Gasteiger partial charge in [-0.25, -0.2) is 0 Å². The van der Waals surface area contributed by atoms with Gasteiger partial charge in [0.15, 0.2) is 6.29 Å². The number of carbonyl (C=O) groups is 3. The lowest BCUT2D eigenvalue weighted by Gasteiger charge is -2.22. The predicted molar refractivity (Wildman–Crippen MR) is 79.6 cm³/mol. The normalized spacial score (nSPS) is 15.0. The number of aliphatic hydroxyl groups is 5. The fourth-order valence-corrected chi connectivity index (χ4v) is 1.32. The fraction of sp³-hybridized carbons (Fsp3) is 0.643. The lowest BCUT2D eigenvalue weighted by Crippen LogP contribution is -2.46. The number of unbranched alkanes of at least 4 members (excludes halogenated alkanes) is 1. The Kier molecular flexibility index (Phi) is 15.0. The number of hydrogen-bond acceptors (Lipinski definition) is 9. The van der Waals surface area contributed by atoms with Crippen LogP contribution in [0.3, 0.4) is 0 Å². The molecule has 0 unspecified atom stereocenters. The van der Waals surface area contributed by atoms with Crippen LogP contribution in [0.5, 0.6) is 0 Å². The van der Waals surface area contributed by atoms with E-state index in [0.717, 1.165) is 6.26 Å². The molecule has 0 saturated heterocycles. The van der Waals surface area contributed by atoms with Crippen LogP contribution in [-0.4, -0.2) is 79.9 Å². The zero-order chi connectivity index (χ0) is 19.1. The molecule has 10 nitrogen and oxygen atoms in total. The van der Waals surface area contributed by atoms with Crippen LogP contribution in [0, 0.1) is 0 Å². The Balaban J connectivity index is 0. The van der Waals surface area contributed by atoms with Gasteiger partial charge >= 0.3 is 11.9 Å². The molecule has 10 heteroatoms. The molecule has 0 aliphatic heterocycles. The van der Waals surface area contributed by atoms with Gasteiger partial charge in [0.05, 0.1) is 12.9 Å². The van der Waals surface area contributed by atoms with Crippen LogP contribution in [0.15, 0.2) is 12.8 Å². The summed E-state index contributed by atoms with van der Waals surface area (Å²) in [7, 11) is 0. The summed E-state index contributed by atoms with van der Waals surface area (Å²) >= 11 is 0. The van der Waals surface area contributed by atoms with E-state index in [4.69, 9.17) is 30.6 Å². The van der Waals surface area contributed by atoms with Crippen LogP contribution in [0.2, 0.25) is 0 Å². The van der Waals surface area contributed by atoms with E-state index in [1.807, 2.05) is 0 Å². The van der Waals surface area contributed by atoms with E-state index < -0.39 is 37.0 Å². The molecular formula is C14H24O10. The number of rotatable bonds is 11. The first kappa shape index (κ1) is 24.4. The molecule has 0 aromatic rings. The molecular weight excluding hydrogens is 328 g/mol. The van der Waals surface area contributed by atoms with Gasteiger partial charge in [-0.15, -0.1) is 0 Å². The van der Waals surface area contributed by atoms with Crippen LogP contribution in [0.4, 0.5) is 0 Å². The lowest BCUT2D eigenvalue weighted by atomic mass is 10.0. The first-order valence-electron chi connectivity index (χ1n) is 7.01. The first-order chi connectivity index (χ1) is 11.2. The summed E-state index contributed by atoms with van der Waals surface area (Å²) in [6.07, 6.45) is -4.38. The van der Waals surface area contributed by atoms with Crippen LogP contribution >= 0.6 is 0 Å². The zero-order valence-electron chi connectivity index (χ0n) is 13.0. The largest absolute Gasteiger partial charge is 0.481 e. The van der Waals surface area contributed by atoms with Crippen molar-refractivity contribution in [3.05, 3.63) is 12.8 Å². The molecule has 4 atom stereocenters. The third-order valence-corrected chi connectivity index (χ3v) is 2.66. The van der Waals surface area contributed by atoms with Gasteiger partial charge in [0, 0.05) is 12.8 Å². The predicted octanol–water partition coefficient (Wildman–Crippen LogP) is -2.06. The summed E-state index contributed by atoms with van der Waals surface area (Å²) in [5, 5.41) is 51.8. The summed E-state index contributed by atoms with van der Waals surface area (Å²) in [5.41, 5.74) is 0. The number of aldehydes is 1. The highest BCUT2D eigenvalue weighted by Gasteiger charge is 2.29. The average Bonchev–Trinajstić information content (AvgIpc) is 2.56. The van der Waals surface area contributed by atoms with Gasteiger partial charge in [-0.2, -0.15) is 0 Å². The van der Waals surface area contributed by atoms with Crippen LogP contribution in [0.25, 0.3) is 0 Å². The van der Waals surface area contributed by atoms with Crippen LogP contribution < -0.4 is 0 Å². The molecule has 0 radical (unpaired) electrons. The maximum Gasteiger partial charge on any atom is 0.310 e. The van der Waals surface area contributed by atoms with Crippen molar-refractivity contribution in [3.8, 4) is 0 Å². The van der Waals surface area contributed by atoms with Gasteiger partial charge in [-0.05, 0) is 12.8 Å². The maximum absolute atomic E-state index is 10.6. The summed E-state index contributed by atoms with van der Waals surface area (Å²) < 4.78 is 4.43. The van der Waals surface area contributed by atoms with Crippen molar-refractivity contribution >= 4 is 18.2 Å². The SMILES string of the molecule is C=COC(=O)CCCCC(=O)O.O=C[C@H](O)[C@@H](O)[C@H](O)[C@H](O)CO. The number of ether oxygens (including phenoxy) is 1. The number of aliphatic hydroxyl groups excluding tert-OH is 5. The van der Waals surface area contributed by atoms with Gasteiger partial charge in [0.2, 0.25) is 0 Å². The topological polar surface area (TPSA) is 182 Å². The summed E-state index contributed by atoms with van der Waals surface area (Å²) in [4.78, 5) is 30.6. The first-order valence-corrected chi connectivity index (χ1v) is 7.01. The Labute approximate surface area is 138 Å². The zero-order valence-corrected chi connectivity index (χ0v) is 13.0. The van der Waals surface area contributed by atoms with Crippen LogP contribution in [0.1, 0.15) is 25.7 Å². The smallest absolute Gasteiger partial charge is 0.310 e. The van der Waals surface area contributed by atoms with Gasteiger partial charge < -0.3 is 40.2 Å². The van der Waals surface area contributed by atoms with Crippen molar-refractivity contribution in [3.63, 3.8) is 0 Å². The van der Waals surface area contributed by atoms with E-state index in [-0.39, 0.29) is 25.1 Å². The monoisotopic (exact) mass is 352 g/mol. The minimum absolute atomic E-state index is 0.0258. The molecule has 0 spiro atoms. The molecule has 0 amide bonds. The minimum atomic E-state index is -1.79. The molecule has 24 heavy (non-hydrogen) atoms. The second kappa shape index (κ2) is 14.7. The van der Waals surface area contributed by atoms with Crippen molar-refractivity contribution in [2.75, 3.05) is 6.61 Å². The van der Waals surface area contributed by atoms with Crippen molar-refractivity contribution in [2.45, 2.75) is 50.1 Å². The van der Waals surface area contributed by atoms with Gasteiger partial charge in [0.25, 0.3) is 0 Å². The van der Waals surface area contributed by atoms with Crippen molar-refractivity contribution in [1.82, 2.24) is 0 Å². The van der Waals surface area contributed by atoms with Crippen LogP contribution in [-0.2, 0) is 19.1 Å². The van der Waals surface area contributed by atoms with Crippen molar-refractivity contribution in [2.24, 2.45) is 0 Å². The van der Waals surface area contributed by atoms with E-state index in [1.165, 1.54) is 0 Å². The Hall–Kier alpha value is -1.85. The highest BCUT2D eigenvalue weighted by molar-refractivity contribution is 5.70. The van der Waals surface area contributed by atoms with Crippen molar-refractivity contribution in [1.29, 1.82) is 0 Å². The third kappa shape index (κ3) is 12.7. The Bertz CT molecular complexity index is 384. The highest BCUT2D eigenvalue weighted by Crippen LogP contribution is 2.03. The number of carboxylic acid groups (broad SMARTS) is 1. The van der Waals surface area contributed by atoms with Crippen molar-refractivity contribution < 1.29 is 49.8 Å². The van der Waals surface area contributed by atoms with Gasteiger partial charge in [0.1, 0.15) is 24.4 Å². The summed E-state index contributed by atoms with van der Waals surface area (Å²) in [6, 6.07) is 0. The number of carboxylic acids is 1. The Morgan fingerprint density at radius 2 is 1.58 bits per heavy atom. The third-order valence-electron chi connectivity index (χ3n) is 2.66. The standard InChI is InChI=1S/C8H12O4.C6H12O6/c1-2-12-8(11)6-4-3-5-7(9)10;7-1-3(9)5(11)6(12)4(10)2-8/h2H,1,3-6H2,(H,9,10);1,3-6,8-12H,2H2/t;3-,4+,5+,6+/m.0/s1. The second-order valence-corrected chi connectivity index (χ2v) is 4.62. The van der Waals surface area contributed by atoms with E-state index >= 15 is 0 Å². The minimum Gasteiger partial charge on any atom is -0.481 e. The molecule has 0 aromatic heterocycles. The van der Waals surface area contributed by atoms with E-state index in [9.17, 15) is 14.4 Å². The molecule has 0 rings (SSSR count). The number of hydrogen-bond donors (Lipinski definition) is 6. The Morgan fingerprint density at radius 3 is 2.00 bits per heavy atom. The number of aliphatic carboxylic acids is 1. The van der Waals surface area contributed by atoms with Gasteiger partial charge in [-0.3, -0.25) is 9.59 Å². The Morgan fingerprint density at radius 1 is 1.04 bits per heavy atom.